The molecule has 0 aliphatic rings. The molecule has 132 valence electrons. The quantitative estimate of drug-likeness (QED) is 0.820. The summed E-state index contributed by atoms with van der Waals surface area (Å²) in [7, 11) is 3.36. The van der Waals surface area contributed by atoms with Crippen LogP contribution >= 0.6 is 11.3 Å². The van der Waals surface area contributed by atoms with Gasteiger partial charge in [-0.1, -0.05) is 5.16 Å². The van der Waals surface area contributed by atoms with Gasteiger partial charge in [0.05, 0.1) is 29.9 Å². The lowest BCUT2D eigenvalue weighted by Crippen LogP contribution is -2.38. The van der Waals surface area contributed by atoms with Gasteiger partial charge < -0.3 is 19.5 Å². The molecule has 0 bridgehead atoms. The Hall–Kier alpha value is -2.00. The molecule has 2 heterocycles. The first-order valence-electron chi connectivity index (χ1n) is 7.67. The fourth-order valence-electron chi connectivity index (χ4n) is 2.22. The summed E-state index contributed by atoms with van der Waals surface area (Å²) < 4.78 is 10.1. The SMILES string of the molecule is COCCc1noc(CNC(=O)N(C)C(C)c2nc(C)sc2C)n1. The number of aromatic nitrogens is 3. The molecule has 0 aliphatic heterocycles. The molecule has 1 N–H and O–H groups in total. The Morgan fingerprint density at radius 3 is 2.79 bits per heavy atom. The number of nitrogens with one attached hydrogen (secondary N) is 1. The molecule has 2 rings (SSSR count). The van der Waals surface area contributed by atoms with Crippen molar-refractivity contribution in [3.8, 4) is 0 Å². The summed E-state index contributed by atoms with van der Waals surface area (Å²) in [6.45, 7) is 6.65. The van der Waals surface area contributed by atoms with Crippen LogP contribution in [0.15, 0.2) is 4.52 Å². The minimum absolute atomic E-state index is 0.116. The molecule has 2 amide bonds. The van der Waals surface area contributed by atoms with Crippen LogP contribution < -0.4 is 5.32 Å². The molecule has 1 unspecified atom stereocenters. The largest absolute Gasteiger partial charge is 0.384 e. The fraction of sp³-hybridized carbons (Fsp3) is 0.600. The maximum Gasteiger partial charge on any atom is 0.318 e. The van der Waals surface area contributed by atoms with Crippen LogP contribution in [0.2, 0.25) is 0 Å². The molecular weight excluding hydrogens is 330 g/mol. The molecule has 9 heteroatoms. The third-order valence-electron chi connectivity index (χ3n) is 3.67. The van der Waals surface area contributed by atoms with E-state index in [1.54, 1.807) is 30.4 Å². The molecule has 0 saturated carbocycles. The van der Waals surface area contributed by atoms with Gasteiger partial charge >= 0.3 is 6.03 Å². The van der Waals surface area contributed by atoms with Crippen LogP contribution in [-0.2, 0) is 17.7 Å². The number of hydrogen-bond donors (Lipinski definition) is 1. The van der Waals surface area contributed by atoms with Crippen LogP contribution in [0.5, 0.6) is 0 Å². The number of amides is 2. The van der Waals surface area contributed by atoms with Crippen molar-refractivity contribution in [3.63, 3.8) is 0 Å². The Bertz CT molecular complexity index is 684. The number of ether oxygens (including phenoxy) is 1. The molecule has 0 aromatic carbocycles. The zero-order valence-electron chi connectivity index (χ0n) is 14.6. The van der Waals surface area contributed by atoms with Gasteiger partial charge in [0.2, 0.25) is 5.89 Å². The lowest BCUT2D eigenvalue weighted by molar-refractivity contribution is 0.191. The fourth-order valence-corrected chi connectivity index (χ4v) is 3.13. The number of carbonyl (C=O) groups is 1. The van der Waals surface area contributed by atoms with Crippen LogP contribution in [0.3, 0.4) is 0 Å². The minimum atomic E-state index is -0.218. The Morgan fingerprint density at radius 1 is 1.42 bits per heavy atom. The normalized spacial score (nSPS) is 12.2. The lowest BCUT2D eigenvalue weighted by Gasteiger charge is -2.24. The number of carbonyl (C=O) groups excluding carboxylic acids is 1. The van der Waals surface area contributed by atoms with Crippen LogP contribution in [0.4, 0.5) is 4.79 Å². The first-order chi connectivity index (χ1) is 11.4. The van der Waals surface area contributed by atoms with Gasteiger partial charge in [-0.3, -0.25) is 0 Å². The topological polar surface area (TPSA) is 93.4 Å². The van der Waals surface area contributed by atoms with Crippen LogP contribution in [0.25, 0.3) is 0 Å². The summed E-state index contributed by atoms with van der Waals surface area (Å²) in [6, 6.07) is -0.334. The van der Waals surface area contributed by atoms with E-state index in [-0.39, 0.29) is 18.6 Å². The molecule has 0 fully saturated rings. The van der Waals surface area contributed by atoms with Gasteiger partial charge in [-0.05, 0) is 20.8 Å². The predicted molar refractivity (Wildman–Crippen MR) is 89.9 cm³/mol. The summed E-state index contributed by atoms with van der Waals surface area (Å²) in [5, 5.41) is 7.61. The minimum Gasteiger partial charge on any atom is -0.384 e. The first-order valence-corrected chi connectivity index (χ1v) is 8.49. The monoisotopic (exact) mass is 353 g/mol. The highest BCUT2D eigenvalue weighted by Gasteiger charge is 2.22. The standard InChI is InChI=1S/C15H23N5O3S/c1-9(14-10(2)24-11(3)17-14)20(4)15(21)16-8-13-18-12(19-23-13)6-7-22-5/h9H,6-8H2,1-5H3,(H,16,21). The molecule has 24 heavy (non-hydrogen) atoms. The number of aryl methyl sites for hydroxylation is 2. The highest BCUT2D eigenvalue weighted by molar-refractivity contribution is 7.11. The van der Waals surface area contributed by atoms with Crippen molar-refractivity contribution in [1.82, 2.24) is 25.3 Å². The Labute approximate surface area is 145 Å². The smallest absolute Gasteiger partial charge is 0.318 e. The number of hydrogen-bond acceptors (Lipinski definition) is 7. The van der Waals surface area contributed by atoms with Crippen molar-refractivity contribution in [2.75, 3.05) is 20.8 Å². The average Bonchev–Trinajstić information content (AvgIpc) is 3.15. The summed E-state index contributed by atoms with van der Waals surface area (Å²) in [6.07, 6.45) is 0.577. The van der Waals surface area contributed by atoms with E-state index in [1.165, 1.54) is 0 Å². The molecule has 0 aliphatic carbocycles. The van der Waals surface area contributed by atoms with Gasteiger partial charge in [0.15, 0.2) is 5.82 Å². The number of methoxy groups -OCH3 is 1. The first kappa shape index (κ1) is 18.3. The highest BCUT2D eigenvalue weighted by Crippen LogP contribution is 2.25. The number of urea groups is 1. The number of nitrogens with zero attached hydrogens (tertiary/aromatic N) is 4. The maximum absolute atomic E-state index is 12.3. The van der Waals surface area contributed by atoms with E-state index < -0.39 is 0 Å². The lowest BCUT2D eigenvalue weighted by atomic mass is 10.2. The van der Waals surface area contributed by atoms with E-state index in [0.29, 0.717) is 24.7 Å². The summed E-state index contributed by atoms with van der Waals surface area (Å²) in [5.74, 6) is 0.938. The Morgan fingerprint density at radius 2 is 2.17 bits per heavy atom. The summed E-state index contributed by atoms with van der Waals surface area (Å²) in [4.78, 5) is 23.8. The van der Waals surface area contributed by atoms with E-state index in [0.717, 1.165) is 15.6 Å². The predicted octanol–water partition coefficient (Wildman–Crippen LogP) is 2.23. The molecule has 0 radical (unpaired) electrons. The molecule has 0 saturated heterocycles. The Balaban J connectivity index is 1.89. The molecule has 2 aromatic rings. The van der Waals surface area contributed by atoms with Gasteiger partial charge in [0.25, 0.3) is 0 Å². The van der Waals surface area contributed by atoms with Crippen molar-refractivity contribution in [2.45, 2.75) is 39.8 Å². The van der Waals surface area contributed by atoms with Crippen molar-refractivity contribution in [3.05, 3.63) is 27.3 Å². The third kappa shape index (κ3) is 4.51. The van der Waals surface area contributed by atoms with Crippen LogP contribution in [-0.4, -0.2) is 46.8 Å². The second kappa shape index (κ2) is 8.20. The second-order valence-corrected chi connectivity index (χ2v) is 6.87. The van der Waals surface area contributed by atoms with E-state index in [4.69, 9.17) is 9.26 Å². The average molecular weight is 353 g/mol. The van der Waals surface area contributed by atoms with Gasteiger partial charge in [0.1, 0.15) is 0 Å². The van der Waals surface area contributed by atoms with Gasteiger partial charge in [-0.25, -0.2) is 9.78 Å². The molecule has 1 atom stereocenters. The van der Waals surface area contributed by atoms with Crippen LogP contribution in [0.1, 0.15) is 40.3 Å². The van der Waals surface area contributed by atoms with E-state index in [1.807, 2.05) is 20.8 Å². The highest BCUT2D eigenvalue weighted by atomic mass is 32.1. The van der Waals surface area contributed by atoms with E-state index in [9.17, 15) is 4.79 Å². The van der Waals surface area contributed by atoms with Gasteiger partial charge in [0, 0.05) is 25.5 Å². The van der Waals surface area contributed by atoms with Gasteiger partial charge in [-0.2, -0.15) is 4.98 Å². The van der Waals surface area contributed by atoms with Gasteiger partial charge in [-0.15, -0.1) is 11.3 Å². The van der Waals surface area contributed by atoms with Crippen molar-refractivity contribution < 1.29 is 14.1 Å². The number of thiazole rings is 1. The van der Waals surface area contributed by atoms with E-state index >= 15 is 0 Å². The summed E-state index contributed by atoms with van der Waals surface area (Å²) >= 11 is 1.63. The van der Waals surface area contributed by atoms with Crippen molar-refractivity contribution in [1.29, 1.82) is 0 Å². The zero-order chi connectivity index (χ0) is 17.7. The van der Waals surface area contributed by atoms with Crippen molar-refractivity contribution in [2.24, 2.45) is 0 Å². The Kier molecular flexibility index (Phi) is 6.27. The van der Waals surface area contributed by atoms with Crippen molar-refractivity contribution >= 4 is 17.4 Å². The van der Waals surface area contributed by atoms with Crippen LogP contribution in [0, 0.1) is 13.8 Å². The summed E-state index contributed by atoms with van der Waals surface area (Å²) in [5.41, 5.74) is 0.926. The molecular formula is C15H23N5O3S. The molecule has 2 aromatic heterocycles. The molecule has 8 nitrogen and oxygen atoms in total. The maximum atomic E-state index is 12.3. The second-order valence-electron chi connectivity index (χ2n) is 5.47. The van der Waals surface area contributed by atoms with E-state index in [2.05, 4.69) is 20.4 Å². The zero-order valence-corrected chi connectivity index (χ0v) is 15.4. The third-order valence-corrected chi connectivity index (χ3v) is 4.57. The molecule has 0 spiro atoms. The number of rotatable bonds is 7.